The number of aryl methyl sites for hydroxylation is 1. The van der Waals surface area contributed by atoms with Crippen molar-refractivity contribution in [3.05, 3.63) is 104 Å². The van der Waals surface area contributed by atoms with E-state index < -0.39 is 27.1 Å². The molecule has 2 unspecified atom stereocenters. The third-order valence-corrected chi connectivity index (χ3v) is 5.97. The second kappa shape index (κ2) is 8.58. The largest absolute Gasteiger partial charge is 0.345 e. The highest BCUT2D eigenvalue weighted by atomic mass is 16.6. The van der Waals surface area contributed by atoms with Gasteiger partial charge in [0, 0.05) is 12.1 Å². The molecule has 1 aliphatic carbocycles. The molecule has 32 heavy (non-hydrogen) atoms. The number of benzene rings is 3. The lowest BCUT2D eigenvalue weighted by Gasteiger charge is -2.35. The van der Waals surface area contributed by atoms with Crippen LogP contribution in [0.1, 0.15) is 40.4 Å². The number of hydrogen-bond acceptors (Lipinski definition) is 5. The monoisotopic (exact) mass is 431 g/mol. The second-order valence-electron chi connectivity index (χ2n) is 7.89. The summed E-state index contributed by atoms with van der Waals surface area (Å²) in [5.41, 5.74) is 1.05. The van der Waals surface area contributed by atoms with Crippen molar-refractivity contribution in [1.29, 1.82) is 0 Å². The third kappa shape index (κ3) is 3.94. The molecule has 0 heterocycles. The Bertz CT molecular complexity index is 1220. The molecule has 0 radical (unpaired) electrons. The Kier molecular flexibility index (Phi) is 5.68. The predicted molar refractivity (Wildman–Crippen MR) is 121 cm³/mol. The van der Waals surface area contributed by atoms with Gasteiger partial charge in [0.25, 0.3) is 17.3 Å². The van der Waals surface area contributed by atoms with Crippen molar-refractivity contribution >= 4 is 28.1 Å². The average Bonchev–Trinajstić information content (AvgIpc) is 2.79. The van der Waals surface area contributed by atoms with Crippen molar-refractivity contribution in [1.82, 2.24) is 5.32 Å². The van der Waals surface area contributed by atoms with Crippen LogP contribution in [-0.4, -0.2) is 15.8 Å². The minimum Gasteiger partial charge on any atom is -0.345 e. The van der Waals surface area contributed by atoms with E-state index in [2.05, 4.69) is 24.0 Å². The molecule has 2 atom stereocenters. The highest BCUT2D eigenvalue weighted by Gasteiger charge is 2.32. The van der Waals surface area contributed by atoms with Gasteiger partial charge in [0.05, 0.1) is 27.5 Å². The van der Waals surface area contributed by atoms with Gasteiger partial charge in [-0.3, -0.25) is 25.0 Å². The minimum absolute atomic E-state index is 0.0865. The van der Waals surface area contributed by atoms with E-state index in [0.29, 0.717) is 6.42 Å². The van der Waals surface area contributed by atoms with Gasteiger partial charge in [-0.25, -0.2) is 0 Å². The molecule has 0 saturated carbocycles. The van der Waals surface area contributed by atoms with Crippen molar-refractivity contribution in [2.24, 2.45) is 5.92 Å². The molecule has 3 aromatic carbocycles. The molecule has 0 aromatic heterocycles. The summed E-state index contributed by atoms with van der Waals surface area (Å²) in [5.74, 6) is -0.500. The fourth-order valence-corrected chi connectivity index (χ4v) is 4.49. The smallest absolute Gasteiger partial charge is 0.277 e. The number of hydrogen-bond donors (Lipinski definition) is 1. The van der Waals surface area contributed by atoms with Crippen molar-refractivity contribution in [2.75, 3.05) is 0 Å². The van der Waals surface area contributed by atoms with E-state index in [1.807, 2.05) is 30.3 Å². The van der Waals surface area contributed by atoms with E-state index in [-0.39, 0.29) is 17.5 Å². The van der Waals surface area contributed by atoms with Crippen molar-refractivity contribution in [3.8, 4) is 0 Å². The number of nitro benzene ring substituents is 2. The van der Waals surface area contributed by atoms with Crippen LogP contribution in [0.15, 0.2) is 67.3 Å². The van der Waals surface area contributed by atoms with Crippen LogP contribution in [-0.2, 0) is 6.42 Å². The van der Waals surface area contributed by atoms with Crippen LogP contribution < -0.4 is 5.32 Å². The molecule has 0 spiro atoms. The van der Waals surface area contributed by atoms with Crippen molar-refractivity contribution in [3.63, 3.8) is 0 Å². The van der Waals surface area contributed by atoms with Gasteiger partial charge in [0.2, 0.25) is 0 Å². The molecule has 8 nitrogen and oxygen atoms in total. The Morgan fingerprint density at radius 1 is 1.06 bits per heavy atom. The van der Waals surface area contributed by atoms with Crippen LogP contribution in [0, 0.1) is 26.1 Å². The minimum atomic E-state index is -0.742. The van der Waals surface area contributed by atoms with Gasteiger partial charge in [-0.05, 0) is 47.1 Å². The maximum atomic E-state index is 13.2. The Morgan fingerprint density at radius 2 is 1.75 bits per heavy atom. The normalized spacial score (nSPS) is 17.4. The topological polar surface area (TPSA) is 115 Å². The molecule has 1 amide bonds. The van der Waals surface area contributed by atoms with Crippen LogP contribution in [0.25, 0.3) is 10.8 Å². The first-order valence-corrected chi connectivity index (χ1v) is 10.2. The number of carbonyl (C=O) groups excluding carboxylic acids is 1. The van der Waals surface area contributed by atoms with Gasteiger partial charge in [0.15, 0.2) is 0 Å². The zero-order chi connectivity index (χ0) is 22.8. The highest BCUT2D eigenvalue weighted by Crippen LogP contribution is 2.40. The first kappa shape index (κ1) is 21.2. The molecular formula is C24H21N3O5. The second-order valence-corrected chi connectivity index (χ2v) is 7.89. The van der Waals surface area contributed by atoms with Crippen molar-refractivity contribution in [2.45, 2.75) is 25.3 Å². The maximum Gasteiger partial charge on any atom is 0.277 e. The first-order valence-electron chi connectivity index (χ1n) is 10.2. The van der Waals surface area contributed by atoms with E-state index in [1.165, 1.54) is 0 Å². The van der Waals surface area contributed by atoms with E-state index >= 15 is 0 Å². The Hall–Kier alpha value is -4.07. The van der Waals surface area contributed by atoms with Crippen LogP contribution in [0.2, 0.25) is 0 Å². The van der Waals surface area contributed by atoms with E-state index in [4.69, 9.17) is 0 Å². The maximum absolute atomic E-state index is 13.2. The average molecular weight is 431 g/mol. The van der Waals surface area contributed by atoms with Gasteiger partial charge in [-0.1, -0.05) is 42.5 Å². The molecule has 3 aromatic rings. The van der Waals surface area contributed by atoms with E-state index in [9.17, 15) is 25.0 Å². The fourth-order valence-electron chi connectivity index (χ4n) is 4.49. The summed E-state index contributed by atoms with van der Waals surface area (Å²) in [5, 5.41) is 27.6. The van der Waals surface area contributed by atoms with Crippen LogP contribution in [0.3, 0.4) is 0 Å². The number of amides is 1. The first-order chi connectivity index (χ1) is 15.4. The Morgan fingerprint density at radius 3 is 2.41 bits per heavy atom. The van der Waals surface area contributed by atoms with Gasteiger partial charge in [0.1, 0.15) is 0 Å². The van der Waals surface area contributed by atoms with Crippen LogP contribution in [0.4, 0.5) is 11.4 Å². The summed E-state index contributed by atoms with van der Waals surface area (Å²) in [6.07, 6.45) is 4.21. The molecule has 1 N–H and O–H groups in total. The summed E-state index contributed by atoms with van der Waals surface area (Å²) < 4.78 is 0. The number of rotatable bonds is 6. The number of nitrogens with one attached hydrogen (secondary N) is 1. The molecule has 162 valence electrons. The lowest BCUT2D eigenvalue weighted by Crippen LogP contribution is -2.36. The SMILES string of the molecule is C=CCC1CCc2ccc3ccccc3c2C1NC(=O)c1cc([N+](=O)[O-])cc([N+](=O)[O-])c1. The molecule has 0 fully saturated rings. The summed E-state index contributed by atoms with van der Waals surface area (Å²) >= 11 is 0. The zero-order valence-corrected chi connectivity index (χ0v) is 17.2. The Labute approximate surface area is 183 Å². The quantitative estimate of drug-likeness (QED) is 0.324. The predicted octanol–water partition coefficient (Wildman–Crippen LogP) is 5.27. The molecule has 0 saturated heterocycles. The van der Waals surface area contributed by atoms with Gasteiger partial charge in [-0.2, -0.15) is 0 Å². The molecule has 0 aliphatic heterocycles. The van der Waals surface area contributed by atoms with Crippen LogP contribution >= 0.6 is 0 Å². The summed E-state index contributed by atoms with van der Waals surface area (Å²) in [7, 11) is 0. The number of non-ortho nitro benzene ring substituents is 2. The van der Waals surface area contributed by atoms with Gasteiger partial charge < -0.3 is 5.32 Å². The number of nitro groups is 2. The molecule has 0 bridgehead atoms. The summed E-state index contributed by atoms with van der Waals surface area (Å²) in [4.78, 5) is 34.1. The van der Waals surface area contributed by atoms with E-state index in [0.717, 1.165) is 52.9 Å². The summed E-state index contributed by atoms with van der Waals surface area (Å²) in [6.45, 7) is 3.84. The fraction of sp³-hybridized carbons (Fsp3) is 0.208. The standard InChI is InChI=1S/C24H21N3O5/c1-2-5-17-11-10-16-9-8-15-6-3-4-7-21(15)22(16)23(17)25-24(28)18-12-19(26(29)30)14-20(13-18)27(31)32/h2-4,6-9,12-14,17,23H,1,5,10-11H2,(H,25,28). The highest BCUT2D eigenvalue weighted by molar-refractivity contribution is 5.96. The number of carbonyl (C=O) groups is 1. The lowest BCUT2D eigenvalue weighted by atomic mass is 9.76. The summed E-state index contributed by atoms with van der Waals surface area (Å²) in [6, 6.07) is 14.7. The number of allylic oxidation sites excluding steroid dienone is 1. The van der Waals surface area contributed by atoms with Crippen LogP contribution in [0.5, 0.6) is 0 Å². The van der Waals surface area contributed by atoms with Gasteiger partial charge >= 0.3 is 0 Å². The third-order valence-electron chi connectivity index (χ3n) is 5.97. The lowest BCUT2D eigenvalue weighted by molar-refractivity contribution is -0.394. The number of nitrogens with zero attached hydrogens (tertiary/aromatic N) is 2. The zero-order valence-electron chi connectivity index (χ0n) is 17.2. The van der Waals surface area contributed by atoms with E-state index in [1.54, 1.807) is 0 Å². The Balaban J connectivity index is 1.78. The van der Waals surface area contributed by atoms with Gasteiger partial charge in [-0.15, -0.1) is 6.58 Å². The molecule has 8 heteroatoms. The molecular weight excluding hydrogens is 410 g/mol. The molecule has 4 rings (SSSR count). The molecule has 1 aliphatic rings. The number of fused-ring (bicyclic) bond motifs is 3. The van der Waals surface area contributed by atoms with Crippen molar-refractivity contribution < 1.29 is 14.6 Å².